The number of nitrogens with two attached hydrogens (primary N) is 1. The summed E-state index contributed by atoms with van der Waals surface area (Å²) < 4.78 is 1.88. The van der Waals surface area contributed by atoms with Crippen molar-refractivity contribution in [3.8, 4) is 11.8 Å². The number of hydrogen-bond donors (Lipinski definition) is 1. The van der Waals surface area contributed by atoms with Gasteiger partial charge in [0.1, 0.15) is 0 Å². The van der Waals surface area contributed by atoms with Gasteiger partial charge in [-0.05, 0) is 42.3 Å². The lowest BCUT2D eigenvalue weighted by Crippen LogP contribution is -2.00. The number of nitriles is 1. The highest BCUT2D eigenvalue weighted by Crippen LogP contribution is 2.24. The van der Waals surface area contributed by atoms with Crippen molar-refractivity contribution in [2.75, 3.05) is 5.73 Å². The predicted molar refractivity (Wildman–Crippen MR) is 84.2 cm³/mol. The molecule has 0 spiro atoms. The van der Waals surface area contributed by atoms with Gasteiger partial charge in [-0.2, -0.15) is 5.26 Å². The fourth-order valence-corrected chi connectivity index (χ4v) is 2.54. The summed E-state index contributed by atoms with van der Waals surface area (Å²) in [6, 6.07) is 15.9. The van der Waals surface area contributed by atoms with Crippen LogP contribution in [0.5, 0.6) is 0 Å². The van der Waals surface area contributed by atoms with E-state index < -0.39 is 0 Å². The minimum absolute atomic E-state index is 0.434. The Morgan fingerprint density at radius 1 is 1.19 bits per heavy atom. The average molecular weight is 276 g/mol. The standard InChI is InChI=1S/C17H16N4/c1-2-3-12-4-7-14(8-5-12)21-16-10-13(11-18)6-9-15(16)20-17(21)19/h4-10H,2-3H2,1H3,(H2,19,20). The van der Waals surface area contributed by atoms with E-state index in [9.17, 15) is 0 Å². The maximum absolute atomic E-state index is 9.05. The molecule has 0 atom stereocenters. The Morgan fingerprint density at radius 2 is 1.95 bits per heavy atom. The number of anilines is 1. The monoisotopic (exact) mass is 276 g/mol. The van der Waals surface area contributed by atoms with Crippen molar-refractivity contribution in [1.82, 2.24) is 9.55 Å². The Morgan fingerprint density at radius 3 is 2.62 bits per heavy atom. The van der Waals surface area contributed by atoms with Crippen LogP contribution in [0.4, 0.5) is 5.95 Å². The molecule has 104 valence electrons. The van der Waals surface area contributed by atoms with Crippen LogP contribution in [0.3, 0.4) is 0 Å². The molecule has 1 aromatic heterocycles. The zero-order valence-electron chi connectivity index (χ0n) is 11.9. The van der Waals surface area contributed by atoms with Gasteiger partial charge in [0.05, 0.1) is 22.7 Å². The van der Waals surface area contributed by atoms with Crippen LogP contribution in [0.2, 0.25) is 0 Å². The molecule has 0 amide bonds. The molecule has 0 aliphatic heterocycles. The van der Waals surface area contributed by atoms with E-state index in [1.165, 1.54) is 5.56 Å². The number of nitrogens with zero attached hydrogens (tertiary/aromatic N) is 3. The molecule has 2 N–H and O–H groups in total. The number of aromatic nitrogens is 2. The Bertz CT molecular complexity index is 822. The van der Waals surface area contributed by atoms with Crippen LogP contribution in [0.1, 0.15) is 24.5 Å². The third-order valence-corrected chi connectivity index (χ3v) is 3.54. The highest BCUT2D eigenvalue weighted by Gasteiger charge is 2.10. The number of benzene rings is 2. The van der Waals surface area contributed by atoms with E-state index in [4.69, 9.17) is 11.0 Å². The first-order chi connectivity index (χ1) is 10.2. The van der Waals surface area contributed by atoms with Crippen molar-refractivity contribution >= 4 is 17.0 Å². The molecule has 0 saturated carbocycles. The van der Waals surface area contributed by atoms with Gasteiger partial charge in [-0.15, -0.1) is 0 Å². The smallest absolute Gasteiger partial charge is 0.205 e. The van der Waals surface area contributed by atoms with Gasteiger partial charge >= 0.3 is 0 Å². The van der Waals surface area contributed by atoms with Crippen LogP contribution in [-0.2, 0) is 6.42 Å². The first kappa shape index (κ1) is 13.2. The number of imidazole rings is 1. The molecule has 0 aliphatic rings. The number of fused-ring (bicyclic) bond motifs is 1. The Hall–Kier alpha value is -2.80. The molecule has 0 saturated heterocycles. The summed E-state index contributed by atoms with van der Waals surface area (Å²) >= 11 is 0. The predicted octanol–water partition coefficient (Wildman–Crippen LogP) is 3.43. The molecule has 4 heteroatoms. The van der Waals surface area contributed by atoms with Gasteiger partial charge in [0, 0.05) is 5.69 Å². The summed E-state index contributed by atoms with van der Waals surface area (Å²) in [6.07, 6.45) is 2.19. The van der Waals surface area contributed by atoms with Crippen LogP contribution < -0.4 is 5.73 Å². The normalized spacial score (nSPS) is 10.7. The molecule has 4 nitrogen and oxygen atoms in total. The van der Waals surface area contributed by atoms with Crippen molar-refractivity contribution in [2.45, 2.75) is 19.8 Å². The minimum Gasteiger partial charge on any atom is -0.369 e. The Labute approximate surface area is 123 Å². The zero-order valence-corrected chi connectivity index (χ0v) is 11.9. The van der Waals surface area contributed by atoms with Gasteiger partial charge in [-0.25, -0.2) is 4.98 Å². The maximum Gasteiger partial charge on any atom is 0.205 e. The van der Waals surface area contributed by atoms with E-state index in [0.29, 0.717) is 11.5 Å². The molecule has 0 radical (unpaired) electrons. The van der Waals surface area contributed by atoms with Crippen LogP contribution in [0, 0.1) is 11.3 Å². The van der Waals surface area contributed by atoms with Crippen LogP contribution >= 0.6 is 0 Å². The van der Waals surface area contributed by atoms with Gasteiger partial charge < -0.3 is 5.73 Å². The van der Waals surface area contributed by atoms with Gasteiger partial charge in [-0.3, -0.25) is 4.57 Å². The Kier molecular flexibility index (Phi) is 3.33. The van der Waals surface area contributed by atoms with Gasteiger partial charge in [0.2, 0.25) is 5.95 Å². The van der Waals surface area contributed by atoms with Gasteiger partial charge in [-0.1, -0.05) is 25.5 Å². The van der Waals surface area contributed by atoms with E-state index in [2.05, 4.69) is 30.1 Å². The lowest BCUT2D eigenvalue weighted by Gasteiger charge is -2.08. The summed E-state index contributed by atoms with van der Waals surface area (Å²) in [5.41, 5.74) is 10.6. The molecule has 0 unspecified atom stereocenters. The highest BCUT2D eigenvalue weighted by atomic mass is 15.2. The van der Waals surface area contributed by atoms with E-state index in [1.807, 2.05) is 28.8 Å². The highest BCUT2D eigenvalue weighted by molar-refractivity contribution is 5.82. The number of nitrogen functional groups attached to an aromatic ring is 1. The SMILES string of the molecule is CCCc1ccc(-n2c(N)nc3ccc(C#N)cc32)cc1. The second-order valence-corrected chi connectivity index (χ2v) is 5.04. The van der Waals surface area contributed by atoms with Gasteiger partial charge in [0.25, 0.3) is 0 Å². The molecule has 0 aliphatic carbocycles. The molecule has 2 aromatic carbocycles. The summed E-state index contributed by atoms with van der Waals surface area (Å²) in [5, 5.41) is 9.05. The molecule has 1 heterocycles. The summed E-state index contributed by atoms with van der Waals surface area (Å²) in [6.45, 7) is 2.17. The number of hydrogen-bond acceptors (Lipinski definition) is 3. The first-order valence-corrected chi connectivity index (χ1v) is 7.00. The van der Waals surface area contributed by atoms with Crippen LogP contribution in [-0.4, -0.2) is 9.55 Å². The second-order valence-electron chi connectivity index (χ2n) is 5.04. The van der Waals surface area contributed by atoms with E-state index in [-0.39, 0.29) is 0 Å². The van der Waals surface area contributed by atoms with Crippen molar-refractivity contribution in [3.63, 3.8) is 0 Å². The van der Waals surface area contributed by atoms with Crippen molar-refractivity contribution in [1.29, 1.82) is 5.26 Å². The summed E-state index contributed by atoms with van der Waals surface area (Å²) in [4.78, 5) is 4.35. The third kappa shape index (κ3) is 2.34. The minimum atomic E-state index is 0.434. The topological polar surface area (TPSA) is 67.6 Å². The fourth-order valence-electron chi connectivity index (χ4n) is 2.54. The van der Waals surface area contributed by atoms with Crippen molar-refractivity contribution in [3.05, 3.63) is 53.6 Å². The van der Waals surface area contributed by atoms with Crippen molar-refractivity contribution < 1.29 is 0 Å². The number of rotatable bonds is 3. The van der Waals surface area contributed by atoms with Gasteiger partial charge in [0.15, 0.2) is 0 Å². The third-order valence-electron chi connectivity index (χ3n) is 3.54. The number of aryl methyl sites for hydroxylation is 1. The van der Waals surface area contributed by atoms with E-state index in [1.54, 1.807) is 6.07 Å². The zero-order chi connectivity index (χ0) is 14.8. The van der Waals surface area contributed by atoms with E-state index in [0.717, 1.165) is 29.6 Å². The maximum atomic E-state index is 9.05. The van der Waals surface area contributed by atoms with Crippen LogP contribution in [0.25, 0.3) is 16.7 Å². The van der Waals surface area contributed by atoms with E-state index >= 15 is 0 Å². The first-order valence-electron chi connectivity index (χ1n) is 7.00. The molecular formula is C17H16N4. The average Bonchev–Trinajstić information content (AvgIpc) is 2.83. The second kappa shape index (κ2) is 5.29. The summed E-state index contributed by atoms with van der Waals surface area (Å²) in [5.74, 6) is 0.434. The Balaban J connectivity index is 2.14. The lowest BCUT2D eigenvalue weighted by atomic mass is 10.1. The molecule has 3 aromatic rings. The largest absolute Gasteiger partial charge is 0.369 e. The quantitative estimate of drug-likeness (QED) is 0.796. The summed E-state index contributed by atoms with van der Waals surface area (Å²) in [7, 11) is 0. The molecular weight excluding hydrogens is 260 g/mol. The molecule has 0 bridgehead atoms. The molecule has 21 heavy (non-hydrogen) atoms. The lowest BCUT2D eigenvalue weighted by molar-refractivity contribution is 0.920. The molecule has 0 fully saturated rings. The van der Waals surface area contributed by atoms with Crippen molar-refractivity contribution in [2.24, 2.45) is 0 Å². The van der Waals surface area contributed by atoms with Crippen LogP contribution in [0.15, 0.2) is 42.5 Å². The fraction of sp³-hybridized carbons (Fsp3) is 0.176. The molecule has 3 rings (SSSR count).